The van der Waals surface area contributed by atoms with Gasteiger partial charge in [0.2, 0.25) is 0 Å². The zero-order valence-corrected chi connectivity index (χ0v) is 10.1. The molecule has 0 saturated heterocycles. The van der Waals surface area contributed by atoms with Crippen molar-refractivity contribution in [3.63, 3.8) is 0 Å². The summed E-state index contributed by atoms with van der Waals surface area (Å²) in [4.78, 5) is 4.20. The summed E-state index contributed by atoms with van der Waals surface area (Å²) >= 11 is 0. The van der Waals surface area contributed by atoms with Gasteiger partial charge in [-0.2, -0.15) is 5.10 Å². The van der Waals surface area contributed by atoms with Crippen molar-refractivity contribution >= 4 is 11.0 Å². The number of rotatable bonds is 0. The molecule has 0 aliphatic carbocycles. The fourth-order valence-corrected chi connectivity index (χ4v) is 1.50. The van der Waals surface area contributed by atoms with Crippen LogP contribution in [0.15, 0.2) is 18.5 Å². The Balaban J connectivity index is 0.000000531. The van der Waals surface area contributed by atoms with Crippen LogP contribution in [-0.4, -0.2) is 15.2 Å². The molecule has 3 heteroatoms. The minimum absolute atomic E-state index is 0.144. The van der Waals surface area contributed by atoms with E-state index in [-0.39, 0.29) is 5.41 Å². The molecule has 2 heterocycles. The number of pyridine rings is 1. The van der Waals surface area contributed by atoms with Gasteiger partial charge in [0.15, 0.2) is 5.65 Å². The summed E-state index contributed by atoms with van der Waals surface area (Å²) in [7, 11) is 0. The van der Waals surface area contributed by atoms with Crippen LogP contribution in [0, 0.1) is 0 Å². The summed E-state index contributed by atoms with van der Waals surface area (Å²) in [6, 6.07) is 2.05. The third-order valence-corrected chi connectivity index (χ3v) is 2.16. The molecule has 2 aromatic heterocycles. The molecule has 0 unspecified atom stereocenters. The SMILES string of the molecule is CC.CC(C)(C)c1ccnc2[nH]ncc12. The summed E-state index contributed by atoms with van der Waals surface area (Å²) in [6.45, 7) is 10.6. The normalized spacial score (nSPS) is 11.0. The molecule has 1 N–H and O–H groups in total. The van der Waals surface area contributed by atoms with E-state index < -0.39 is 0 Å². The highest BCUT2D eigenvalue weighted by Crippen LogP contribution is 2.27. The number of aromatic nitrogens is 3. The number of H-pyrrole nitrogens is 1. The molecule has 3 nitrogen and oxygen atoms in total. The van der Waals surface area contributed by atoms with Crippen molar-refractivity contribution in [2.75, 3.05) is 0 Å². The molecule has 0 fully saturated rings. The van der Waals surface area contributed by atoms with Crippen molar-refractivity contribution in [1.82, 2.24) is 15.2 Å². The number of nitrogens with one attached hydrogen (secondary N) is 1. The van der Waals surface area contributed by atoms with Crippen LogP contribution in [-0.2, 0) is 5.41 Å². The second kappa shape index (κ2) is 4.43. The lowest BCUT2D eigenvalue weighted by atomic mass is 9.86. The van der Waals surface area contributed by atoms with E-state index in [1.807, 2.05) is 26.2 Å². The quantitative estimate of drug-likeness (QED) is 0.717. The Morgan fingerprint density at radius 2 is 1.87 bits per heavy atom. The molecule has 0 bridgehead atoms. The van der Waals surface area contributed by atoms with Gasteiger partial charge < -0.3 is 0 Å². The highest BCUT2D eigenvalue weighted by molar-refractivity contribution is 5.78. The van der Waals surface area contributed by atoms with Crippen LogP contribution in [0.4, 0.5) is 0 Å². The van der Waals surface area contributed by atoms with Crippen LogP contribution in [0.3, 0.4) is 0 Å². The van der Waals surface area contributed by atoms with Crippen LogP contribution in [0.25, 0.3) is 11.0 Å². The van der Waals surface area contributed by atoms with Gasteiger partial charge in [0.25, 0.3) is 0 Å². The van der Waals surface area contributed by atoms with Gasteiger partial charge in [-0.15, -0.1) is 0 Å². The van der Waals surface area contributed by atoms with Crippen molar-refractivity contribution in [2.24, 2.45) is 0 Å². The Bertz CT molecular complexity index is 424. The minimum atomic E-state index is 0.144. The first kappa shape index (κ1) is 11.7. The molecule has 15 heavy (non-hydrogen) atoms. The van der Waals surface area contributed by atoms with E-state index in [1.54, 1.807) is 0 Å². The molecule has 0 atom stereocenters. The smallest absolute Gasteiger partial charge is 0.155 e. The van der Waals surface area contributed by atoms with Gasteiger partial charge in [-0.3, -0.25) is 5.10 Å². The largest absolute Gasteiger partial charge is 0.261 e. The summed E-state index contributed by atoms with van der Waals surface area (Å²) in [5, 5.41) is 7.98. The fourth-order valence-electron chi connectivity index (χ4n) is 1.50. The topological polar surface area (TPSA) is 41.6 Å². The molecule has 0 amide bonds. The molecule has 0 radical (unpaired) electrons. The van der Waals surface area contributed by atoms with Crippen molar-refractivity contribution < 1.29 is 0 Å². The molecule has 82 valence electrons. The molecule has 0 saturated carbocycles. The van der Waals surface area contributed by atoms with Crippen LogP contribution >= 0.6 is 0 Å². The summed E-state index contributed by atoms with van der Waals surface area (Å²) in [5.41, 5.74) is 2.30. The Morgan fingerprint density at radius 3 is 2.47 bits per heavy atom. The number of nitrogens with zero attached hydrogens (tertiary/aromatic N) is 2. The summed E-state index contributed by atoms with van der Waals surface area (Å²) in [6.07, 6.45) is 3.66. The molecule has 2 rings (SSSR count). The highest BCUT2D eigenvalue weighted by atomic mass is 15.1. The van der Waals surface area contributed by atoms with Crippen molar-refractivity contribution in [3.05, 3.63) is 24.0 Å². The molecule has 0 spiro atoms. The molecule has 0 aliphatic heterocycles. The second-order valence-corrected chi connectivity index (χ2v) is 4.24. The van der Waals surface area contributed by atoms with E-state index in [0.29, 0.717) is 0 Å². The number of aromatic amines is 1. The van der Waals surface area contributed by atoms with Crippen LogP contribution in [0.5, 0.6) is 0 Å². The molecule has 0 aliphatic rings. The summed E-state index contributed by atoms with van der Waals surface area (Å²) < 4.78 is 0. The first-order valence-corrected chi connectivity index (χ1v) is 5.37. The van der Waals surface area contributed by atoms with Gasteiger partial charge in [0.1, 0.15) is 0 Å². The third kappa shape index (κ3) is 2.35. The van der Waals surface area contributed by atoms with E-state index in [9.17, 15) is 0 Å². The van der Waals surface area contributed by atoms with E-state index in [1.165, 1.54) is 5.56 Å². The Morgan fingerprint density at radius 1 is 1.20 bits per heavy atom. The van der Waals surface area contributed by atoms with Gasteiger partial charge in [-0.05, 0) is 17.0 Å². The lowest BCUT2D eigenvalue weighted by molar-refractivity contribution is 0.595. The average Bonchev–Trinajstić information content (AvgIpc) is 2.66. The maximum Gasteiger partial charge on any atom is 0.155 e. The van der Waals surface area contributed by atoms with Crippen LogP contribution < -0.4 is 0 Å². The van der Waals surface area contributed by atoms with Crippen molar-refractivity contribution in [2.45, 2.75) is 40.0 Å². The Kier molecular flexibility index (Phi) is 3.45. The Labute approximate surface area is 90.9 Å². The first-order chi connectivity index (χ1) is 7.09. The standard InChI is InChI=1S/C10H13N3.C2H6/c1-10(2,3)8-4-5-11-9-7(8)6-12-13-9;1-2/h4-6H,1-3H3,(H,11,12,13);1-2H3. The van der Waals surface area contributed by atoms with Gasteiger partial charge in [0, 0.05) is 11.6 Å². The lowest BCUT2D eigenvalue weighted by Crippen LogP contribution is -2.11. The van der Waals surface area contributed by atoms with E-state index in [2.05, 4.69) is 42.0 Å². The van der Waals surface area contributed by atoms with E-state index in [4.69, 9.17) is 0 Å². The van der Waals surface area contributed by atoms with Gasteiger partial charge in [-0.1, -0.05) is 34.6 Å². The molecule has 2 aromatic rings. The number of hydrogen-bond acceptors (Lipinski definition) is 2. The Hall–Kier alpha value is -1.38. The maximum atomic E-state index is 4.20. The highest BCUT2D eigenvalue weighted by Gasteiger charge is 2.17. The average molecular weight is 205 g/mol. The fraction of sp³-hybridized carbons (Fsp3) is 0.500. The van der Waals surface area contributed by atoms with Gasteiger partial charge in [-0.25, -0.2) is 4.98 Å². The van der Waals surface area contributed by atoms with E-state index in [0.717, 1.165) is 11.0 Å². The maximum absolute atomic E-state index is 4.20. The lowest BCUT2D eigenvalue weighted by Gasteiger charge is -2.19. The number of fused-ring (bicyclic) bond motifs is 1. The van der Waals surface area contributed by atoms with Gasteiger partial charge in [0.05, 0.1) is 6.20 Å². The predicted octanol–water partition coefficient (Wildman–Crippen LogP) is 3.28. The van der Waals surface area contributed by atoms with Crippen molar-refractivity contribution in [3.8, 4) is 0 Å². The first-order valence-electron chi connectivity index (χ1n) is 5.37. The van der Waals surface area contributed by atoms with Crippen LogP contribution in [0.2, 0.25) is 0 Å². The van der Waals surface area contributed by atoms with Crippen molar-refractivity contribution in [1.29, 1.82) is 0 Å². The zero-order chi connectivity index (χ0) is 11.5. The predicted molar refractivity (Wildman–Crippen MR) is 63.9 cm³/mol. The monoisotopic (exact) mass is 205 g/mol. The third-order valence-electron chi connectivity index (χ3n) is 2.16. The zero-order valence-electron chi connectivity index (χ0n) is 10.1. The number of hydrogen-bond donors (Lipinski definition) is 1. The second-order valence-electron chi connectivity index (χ2n) is 4.24. The minimum Gasteiger partial charge on any atom is -0.261 e. The molecule has 0 aromatic carbocycles. The molecular weight excluding hydrogens is 186 g/mol. The van der Waals surface area contributed by atoms with Crippen LogP contribution in [0.1, 0.15) is 40.2 Å². The molecular formula is C12H19N3. The van der Waals surface area contributed by atoms with E-state index >= 15 is 0 Å². The summed E-state index contributed by atoms with van der Waals surface area (Å²) in [5.74, 6) is 0. The van der Waals surface area contributed by atoms with Gasteiger partial charge >= 0.3 is 0 Å².